The van der Waals surface area contributed by atoms with Gasteiger partial charge in [-0.05, 0) is 25.1 Å². The Morgan fingerprint density at radius 2 is 1.70 bits per heavy atom. The fraction of sp³-hybridized carbons (Fsp3) is 0.227. The van der Waals surface area contributed by atoms with Crippen molar-refractivity contribution in [2.24, 2.45) is 0 Å². The predicted octanol–water partition coefficient (Wildman–Crippen LogP) is 5.16. The normalized spacial score (nSPS) is 11.1. The van der Waals surface area contributed by atoms with Gasteiger partial charge in [-0.15, -0.1) is 0 Å². The van der Waals surface area contributed by atoms with Crippen molar-refractivity contribution in [2.45, 2.75) is 13.1 Å². The number of ether oxygens (including phenoxy) is 3. The number of anilines is 1. The van der Waals surface area contributed by atoms with Gasteiger partial charge in [0.25, 0.3) is 5.91 Å². The van der Waals surface area contributed by atoms with Crippen molar-refractivity contribution in [3.63, 3.8) is 0 Å². The molecule has 0 aliphatic carbocycles. The molecule has 0 saturated carbocycles. The van der Waals surface area contributed by atoms with E-state index in [9.17, 15) is 18.0 Å². The summed E-state index contributed by atoms with van der Waals surface area (Å²) in [6.07, 6.45) is -4.44. The maximum atomic E-state index is 12.8. The summed E-state index contributed by atoms with van der Waals surface area (Å²) in [5.74, 6) is 0.471. The number of amides is 1. The number of methoxy groups -OCH3 is 2. The first-order valence-electron chi connectivity index (χ1n) is 9.48. The molecule has 174 valence electrons. The molecule has 1 amide bonds. The minimum atomic E-state index is -4.44. The molecule has 2 aromatic carbocycles. The van der Waals surface area contributed by atoms with E-state index in [2.05, 4.69) is 15.3 Å². The van der Waals surface area contributed by atoms with Crippen LogP contribution >= 0.6 is 11.6 Å². The molecule has 1 N–H and O–H groups in total. The molecule has 0 aliphatic rings. The molecule has 0 unspecified atom stereocenters. The fourth-order valence-corrected chi connectivity index (χ4v) is 3.08. The average molecular weight is 482 g/mol. The monoisotopic (exact) mass is 481 g/mol. The van der Waals surface area contributed by atoms with Gasteiger partial charge in [0, 0.05) is 23.4 Å². The molecule has 33 heavy (non-hydrogen) atoms. The van der Waals surface area contributed by atoms with Gasteiger partial charge in [0.1, 0.15) is 11.5 Å². The van der Waals surface area contributed by atoms with Gasteiger partial charge in [0.2, 0.25) is 5.88 Å². The molecule has 0 aliphatic heterocycles. The second kappa shape index (κ2) is 9.95. The van der Waals surface area contributed by atoms with Gasteiger partial charge in [0.05, 0.1) is 30.5 Å². The molecule has 0 radical (unpaired) electrons. The molecule has 0 bridgehead atoms. The zero-order valence-corrected chi connectivity index (χ0v) is 18.5. The lowest BCUT2D eigenvalue weighted by Crippen LogP contribution is -2.21. The summed E-state index contributed by atoms with van der Waals surface area (Å²) in [6, 6.07) is 8.95. The van der Waals surface area contributed by atoms with Crippen molar-refractivity contribution >= 4 is 23.2 Å². The summed E-state index contributed by atoms with van der Waals surface area (Å²) in [6.45, 7) is 1.28. The molecule has 0 fully saturated rings. The molecule has 0 spiro atoms. The molecule has 0 atom stereocenters. The molecule has 3 rings (SSSR count). The van der Waals surface area contributed by atoms with E-state index in [1.165, 1.54) is 44.6 Å². The highest BCUT2D eigenvalue weighted by Crippen LogP contribution is 2.36. The molecular weight excluding hydrogens is 463 g/mol. The largest absolute Gasteiger partial charge is 0.495 e. The van der Waals surface area contributed by atoms with Gasteiger partial charge < -0.3 is 19.5 Å². The summed E-state index contributed by atoms with van der Waals surface area (Å²) < 4.78 is 54.2. The summed E-state index contributed by atoms with van der Waals surface area (Å²) >= 11 is 6.10. The number of nitrogens with zero attached hydrogens (tertiary/aromatic N) is 2. The van der Waals surface area contributed by atoms with Crippen molar-refractivity contribution in [2.75, 3.05) is 26.1 Å². The van der Waals surface area contributed by atoms with Gasteiger partial charge in [-0.3, -0.25) is 4.79 Å². The number of aromatic nitrogens is 2. The number of hydrogen-bond acceptors (Lipinski definition) is 6. The van der Waals surface area contributed by atoms with Gasteiger partial charge in [-0.1, -0.05) is 23.7 Å². The van der Waals surface area contributed by atoms with Crippen LogP contribution in [0.2, 0.25) is 5.02 Å². The number of rotatable bonds is 7. The van der Waals surface area contributed by atoms with E-state index >= 15 is 0 Å². The van der Waals surface area contributed by atoms with Crippen LogP contribution in [-0.4, -0.2) is 36.7 Å². The molecule has 1 aromatic heterocycles. The summed E-state index contributed by atoms with van der Waals surface area (Å²) in [7, 11) is 2.89. The van der Waals surface area contributed by atoms with E-state index in [-0.39, 0.29) is 16.7 Å². The van der Waals surface area contributed by atoms with Crippen molar-refractivity contribution < 1.29 is 32.2 Å². The molecular formula is C22H19ClF3N3O4. The van der Waals surface area contributed by atoms with E-state index in [1.807, 2.05) is 0 Å². The van der Waals surface area contributed by atoms with Gasteiger partial charge in [0.15, 0.2) is 12.4 Å². The van der Waals surface area contributed by atoms with E-state index in [0.29, 0.717) is 28.4 Å². The Morgan fingerprint density at radius 1 is 1.03 bits per heavy atom. The highest BCUT2D eigenvalue weighted by molar-refractivity contribution is 6.32. The molecule has 0 saturated heterocycles. The second-order valence-corrected chi connectivity index (χ2v) is 7.18. The van der Waals surface area contributed by atoms with Crippen molar-refractivity contribution in [1.29, 1.82) is 0 Å². The molecule has 3 aromatic rings. The Bertz CT molecular complexity index is 1150. The SMILES string of the molecule is COc1cc(OC)c(NC(=O)COc2cc(C)nc(-c3ccc(C(F)(F)F)cc3)n2)cc1Cl. The van der Waals surface area contributed by atoms with E-state index in [1.54, 1.807) is 6.92 Å². The third-order valence-electron chi connectivity index (χ3n) is 4.40. The fourth-order valence-electron chi connectivity index (χ4n) is 2.83. The van der Waals surface area contributed by atoms with Crippen molar-refractivity contribution in [3.05, 3.63) is 58.7 Å². The quantitative estimate of drug-likeness (QED) is 0.502. The van der Waals surface area contributed by atoms with E-state index < -0.39 is 24.3 Å². The number of alkyl halides is 3. The lowest BCUT2D eigenvalue weighted by molar-refractivity contribution is -0.137. The maximum absolute atomic E-state index is 12.8. The maximum Gasteiger partial charge on any atom is 0.416 e. The topological polar surface area (TPSA) is 82.6 Å². The van der Waals surface area contributed by atoms with Crippen LogP contribution in [-0.2, 0) is 11.0 Å². The van der Waals surface area contributed by atoms with Gasteiger partial charge in [-0.2, -0.15) is 18.2 Å². The molecule has 1 heterocycles. The lowest BCUT2D eigenvalue weighted by atomic mass is 10.1. The second-order valence-electron chi connectivity index (χ2n) is 6.77. The van der Waals surface area contributed by atoms with Gasteiger partial charge >= 0.3 is 6.18 Å². The predicted molar refractivity (Wildman–Crippen MR) is 116 cm³/mol. The van der Waals surface area contributed by atoms with Crippen LogP contribution in [0.25, 0.3) is 11.4 Å². The third-order valence-corrected chi connectivity index (χ3v) is 4.70. The number of hydrogen-bond donors (Lipinski definition) is 1. The Balaban J connectivity index is 1.71. The van der Waals surface area contributed by atoms with E-state index in [4.69, 9.17) is 25.8 Å². The number of benzene rings is 2. The van der Waals surface area contributed by atoms with Crippen LogP contribution in [0.1, 0.15) is 11.3 Å². The standard InChI is InChI=1S/C22H19ClF3N3O4/c1-12-8-20(29-21(27-12)13-4-6-14(7-5-13)22(24,25)26)33-11-19(30)28-16-9-15(23)17(31-2)10-18(16)32-3/h4-10H,11H2,1-3H3,(H,28,30). The minimum absolute atomic E-state index is 0.0901. The van der Waals surface area contributed by atoms with Crippen LogP contribution in [0, 0.1) is 6.92 Å². The van der Waals surface area contributed by atoms with Crippen LogP contribution in [0.3, 0.4) is 0 Å². The zero-order chi connectivity index (χ0) is 24.2. The Labute approximate surface area is 192 Å². The minimum Gasteiger partial charge on any atom is -0.495 e. The molecule has 11 heteroatoms. The highest BCUT2D eigenvalue weighted by Gasteiger charge is 2.30. The van der Waals surface area contributed by atoms with Crippen molar-refractivity contribution in [3.8, 4) is 28.8 Å². The number of halogens is 4. The van der Waals surface area contributed by atoms with Gasteiger partial charge in [-0.25, -0.2) is 4.98 Å². The van der Waals surface area contributed by atoms with Crippen LogP contribution in [0.15, 0.2) is 42.5 Å². The lowest BCUT2D eigenvalue weighted by Gasteiger charge is -2.13. The number of carbonyl (C=O) groups is 1. The summed E-state index contributed by atoms with van der Waals surface area (Å²) in [5.41, 5.74) is 0.430. The number of aryl methyl sites for hydroxylation is 1. The van der Waals surface area contributed by atoms with E-state index in [0.717, 1.165) is 12.1 Å². The molecule has 7 nitrogen and oxygen atoms in total. The van der Waals surface area contributed by atoms with Crippen LogP contribution in [0.5, 0.6) is 17.4 Å². The third kappa shape index (κ3) is 6.04. The highest BCUT2D eigenvalue weighted by atomic mass is 35.5. The Kier molecular flexibility index (Phi) is 7.27. The summed E-state index contributed by atoms with van der Waals surface area (Å²) in [5, 5.41) is 2.91. The van der Waals surface area contributed by atoms with Crippen molar-refractivity contribution in [1.82, 2.24) is 9.97 Å². The average Bonchev–Trinajstić information content (AvgIpc) is 2.77. The number of nitrogens with one attached hydrogen (secondary N) is 1. The first-order valence-corrected chi connectivity index (χ1v) is 9.86. The zero-order valence-electron chi connectivity index (χ0n) is 17.8. The first-order chi connectivity index (χ1) is 15.6. The van der Waals surface area contributed by atoms with Crippen LogP contribution < -0.4 is 19.5 Å². The Hall–Kier alpha value is -3.53. The summed E-state index contributed by atoms with van der Waals surface area (Å²) in [4.78, 5) is 20.8. The first kappa shape index (κ1) is 24.1. The Morgan fingerprint density at radius 3 is 2.30 bits per heavy atom. The number of carbonyl (C=O) groups excluding carboxylic acids is 1. The van der Waals surface area contributed by atoms with Crippen LogP contribution in [0.4, 0.5) is 18.9 Å². The smallest absolute Gasteiger partial charge is 0.416 e.